The van der Waals surface area contributed by atoms with Crippen molar-refractivity contribution in [2.75, 3.05) is 29.9 Å². The zero-order valence-electron chi connectivity index (χ0n) is 13.3. The van der Waals surface area contributed by atoms with Gasteiger partial charge in [-0.15, -0.1) is 0 Å². The molecule has 1 aromatic rings. The van der Waals surface area contributed by atoms with Gasteiger partial charge in [-0.05, 0) is 33.6 Å². The summed E-state index contributed by atoms with van der Waals surface area (Å²) in [5.41, 5.74) is 0. The van der Waals surface area contributed by atoms with Crippen molar-refractivity contribution < 1.29 is 4.74 Å². The molecule has 0 saturated heterocycles. The van der Waals surface area contributed by atoms with Gasteiger partial charge < -0.3 is 15.0 Å². The summed E-state index contributed by atoms with van der Waals surface area (Å²) in [4.78, 5) is 15.4. The van der Waals surface area contributed by atoms with Crippen LogP contribution in [0, 0.1) is 0 Å². The number of rotatable bonds is 9. The summed E-state index contributed by atoms with van der Waals surface area (Å²) in [5, 5.41) is 3.13. The highest BCUT2D eigenvalue weighted by atomic mass is 16.5. The van der Waals surface area contributed by atoms with Crippen LogP contribution in [0.3, 0.4) is 0 Å². The zero-order chi connectivity index (χ0) is 15.0. The van der Waals surface area contributed by atoms with Crippen molar-refractivity contribution in [3.05, 3.63) is 0 Å². The minimum absolute atomic E-state index is 0.0468. The summed E-state index contributed by atoms with van der Waals surface area (Å²) in [7, 11) is 0. The van der Waals surface area contributed by atoms with E-state index in [1.165, 1.54) is 0 Å². The molecule has 0 amide bonds. The molecule has 1 heterocycles. The van der Waals surface area contributed by atoms with Crippen LogP contribution in [0.1, 0.15) is 47.5 Å². The lowest BCUT2D eigenvalue weighted by atomic mass is 10.4. The number of nitrogens with zero attached hydrogens (tertiary/aromatic N) is 4. The molecule has 0 unspecified atom stereocenters. The molecule has 6 heteroatoms. The molecule has 0 radical (unpaired) electrons. The molecular weight excluding hydrogens is 254 g/mol. The topological polar surface area (TPSA) is 63.2 Å². The van der Waals surface area contributed by atoms with E-state index in [1.54, 1.807) is 0 Å². The summed E-state index contributed by atoms with van der Waals surface area (Å²) in [6, 6.07) is 0.387. The van der Waals surface area contributed by atoms with E-state index >= 15 is 0 Å². The Hall–Kier alpha value is -1.59. The largest absolute Gasteiger partial charge is 0.461 e. The van der Waals surface area contributed by atoms with Crippen LogP contribution in [0.15, 0.2) is 0 Å². The van der Waals surface area contributed by atoms with E-state index in [0.717, 1.165) is 32.5 Å². The molecule has 0 saturated carbocycles. The van der Waals surface area contributed by atoms with E-state index in [9.17, 15) is 0 Å². The van der Waals surface area contributed by atoms with Gasteiger partial charge in [0.15, 0.2) is 0 Å². The highest BCUT2D eigenvalue weighted by Crippen LogP contribution is 2.16. The Morgan fingerprint density at radius 2 is 1.70 bits per heavy atom. The quantitative estimate of drug-likeness (QED) is 0.751. The Bertz CT molecular complexity index is 391. The SMILES string of the molecule is CCCN(CCC)c1nc(NCC)nc(OC(C)C)n1. The van der Waals surface area contributed by atoms with Crippen LogP contribution in [-0.2, 0) is 0 Å². The van der Waals surface area contributed by atoms with Crippen LogP contribution < -0.4 is 15.0 Å². The second-order valence-electron chi connectivity index (χ2n) is 4.93. The lowest BCUT2D eigenvalue weighted by Crippen LogP contribution is -2.28. The van der Waals surface area contributed by atoms with E-state index < -0.39 is 0 Å². The van der Waals surface area contributed by atoms with E-state index in [0.29, 0.717) is 17.9 Å². The average Bonchev–Trinajstić information content (AvgIpc) is 2.37. The first-order valence-corrected chi connectivity index (χ1v) is 7.52. The van der Waals surface area contributed by atoms with Gasteiger partial charge in [0.1, 0.15) is 0 Å². The predicted molar refractivity (Wildman–Crippen MR) is 82.5 cm³/mol. The van der Waals surface area contributed by atoms with E-state index in [2.05, 4.69) is 39.0 Å². The number of ether oxygens (including phenoxy) is 1. The molecule has 0 aliphatic rings. The molecule has 0 spiro atoms. The van der Waals surface area contributed by atoms with Gasteiger partial charge >= 0.3 is 6.01 Å². The molecule has 1 N–H and O–H groups in total. The third kappa shape index (κ3) is 5.19. The highest BCUT2D eigenvalue weighted by molar-refractivity contribution is 5.38. The van der Waals surface area contributed by atoms with Gasteiger partial charge in [-0.2, -0.15) is 15.0 Å². The van der Waals surface area contributed by atoms with Gasteiger partial charge in [-0.25, -0.2) is 0 Å². The molecule has 20 heavy (non-hydrogen) atoms. The normalized spacial score (nSPS) is 10.7. The fourth-order valence-corrected chi connectivity index (χ4v) is 1.84. The second kappa shape index (κ2) is 8.55. The van der Waals surface area contributed by atoms with Crippen LogP contribution >= 0.6 is 0 Å². The Morgan fingerprint density at radius 3 is 2.20 bits per heavy atom. The maximum atomic E-state index is 5.62. The lowest BCUT2D eigenvalue weighted by molar-refractivity contribution is 0.222. The minimum atomic E-state index is 0.0468. The minimum Gasteiger partial charge on any atom is -0.461 e. The van der Waals surface area contributed by atoms with Gasteiger partial charge in [-0.3, -0.25) is 0 Å². The Morgan fingerprint density at radius 1 is 1.05 bits per heavy atom. The first kappa shape index (κ1) is 16.5. The fourth-order valence-electron chi connectivity index (χ4n) is 1.84. The molecule has 0 bridgehead atoms. The molecular formula is C14H27N5O. The molecule has 1 rings (SSSR count). The maximum Gasteiger partial charge on any atom is 0.323 e. The van der Waals surface area contributed by atoms with Crippen LogP contribution in [0.4, 0.5) is 11.9 Å². The standard InChI is InChI=1S/C14H27N5O/c1-6-9-19(10-7-2)13-16-12(15-8-3)17-14(18-13)20-11(4)5/h11H,6-10H2,1-5H3,(H,15,16,17,18). The fraction of sp³-hybridized carbons (Fsp3) is 0.786. The van der Waals surface area contributed by atoms with Crippen LogP contribution in [-0.4, -0.2) is 40.7 Å². The van der Waals surface area contributed by atoms with Gasteiger partial charge in [0.05, 0.1) is 6.10 Å². The van der Waals surface area contributed by atoms with Crippen LogP contribution in [0.5, 0.6) is 6.01 Å². The predicted octanol–water partition coefficient (Wildman–Crippen LogP) is 2.72. The van der Waals surface area contributed by atoms with Crippen molar-refractivity contribution in [3.63, 3.8) is 0 Å². The molecule has 0 fully saturated rings. The van der Waals surface area contributed by atoms with E-state index in [1.807, 2.05) is 20.8 Å². The summed E-state index contributed by atoms with van der Waals surface area (Å²) in [6.45, 7) is 12.9. The highest BCUT2D eigenvalue weighted by Gasteiger charge is 2.13. The summed E-state index contributed by atoms with van der Waals surface area (Å²) >= 11 is 0. The average molecular weight is 281 g/mol. The van der Waals surface area contributed by atoms with Gasteiger partial charge in [0, 0.05) is 19.6 Å². The number of hydrogen-bond acceptors (Lipinski definition) is 6. The summed E-state index contributed by atoms with van der Waals surface area (Å²) < 4.78 is 5.62. The molecule has 6 nitrogen and oxygen atoms in total. The molecule has 0 atom stereocenters. The Labute approximate surface area is 122 Å². The van der Waals surface area contributed by atoms with Gasteiger partial charge in [0.2, 0.25) is 11.9 Å². The zero-order valence-corrected chi connectivity index (χ0v) is 13.3. The third-order valence-electron chi connectivity index (χ3n) is 2.55. The number of anilines is 2. The lowest BCUT2D eigenvalue weighted by Gasteiger charge is -2.22. The number of aromatic nitrogens is 3. The Balaban J connectivity index is 3.04. The van der Waals surface area contributed by atoms with E-state index in [4.69, 9.17) is 4.74 Å². The van der Waals surface area contributed by atoms with Gasteiger partial charge in [-0.1, -0.05) is 13.8 Å². The van der Waals surface area contributed by atoms with Crippen molar-refractivity contribution in [2.24, 2.45) is 0 Å². The Kier molecular flexibility index (Phi) is 7.04. The number of hydrogen-bond donors (Lipinski definition) is 1. The van der Waals surface area contributed by atoms with Crippen molar-refractivity contribution in [2.45, 2.75) is 53.6 Å². The summed E-state index contributed by atoms with van der Waals surface area (Å²) in [5.74, 6) is 1.26. The first-order chi connectivity index (χ1) is 9.60. The van der Waals surface area contributed by atoms with Crippen LogP contribution in [0.2, 0.25) is 0 Å². The van der Waals surface area contributed by atoms with Crippen molar-refractivity contribution in [1.29, 1.82) is 0 Å². The smallest absolute Gasteiger partial charge is 0.323 e. The van der Waals surface area contributed by atoms with Crippen molar-refractivity contribution in [3.8, 4) is 6.01 Å². The van der Waals surface area contributed by atoms with Gasteiger partial charge in [0.25, 0.3) is 0 Å². The molecule has 0 aromatic carbocycles. The molecule has 1 aromatic heterocycles. The van der Waals surface area contributed by atoms with E-state index in [-0.39, 0.29) is 6.10 Å². The number of nitrogens with one attached hydrogen (secondary N) is 1. The maximum absolute atomic E-state index is 5.62. The van der Waals surface area contributed by atoms with Crippen molar-refractivity contribution in [1.82, 2.24) is 15.0 Å². The molecule has 114 valence electrons. The van der Waals surface area contributed by atoms with Crippen LogP contribution in [0.25, 0.3) is 0 Å². The first-order valence-electron chi connectivity index (χ1n) is 7.52. The third-order valence-corrected chi connectivity index (χ3v) is 2.55. The molecule has 0 aliphatic heterocycles. The second-order valence-corrected chi connectivity index (χ2v) is 4.93. The molecule has 0 aliphatic carbocycles. The summed E-state index contributed by atoms with van der Waals surface area (Å²) in [6.07, 6.45) is 2.16. The van der Waals surface area contributed by atoms with Crippen molar-refractivity contribution >= 4 is 11.9 Å². The monoisotopic (exact) mass is 281 g/mol.